The minimum atomic E-state index is -0.604. The van der Waals surface area contributed by atoms with Crippen LogP contribution in [-0.4, -0.2) is 25.5 Å². The second-order valence-corrected chi connectivity index (χ2v) is 3.43. The molecule has 0 spiro atoms. The Hall–Kier alpha value is -1.26. The van der Waals surface area contributed by atoms with Crippen molar-refractivity contribution >= 4 is 17.6 Å². The van der Waals surface area contributed by atoms with Gasteiger partial charge in [0.2, 0.25) is 6.29 Å². The van der Waals surface area contributed by atoms with Gasteiger partial charge in [0.1, 0.15) is 12.4 Å². The summed E-state index contributed by atoms with van der Waals surface area (Å²) >= 11 is 5.71. The number of carbonyl (C=O) groups excluding carboxylic acids is 1. The molecule has 0 aliphatic carbocycles. The zero-order valence-electron chi connectivity index (χ0n) is 7.81. The van der Waals surface area contributed by atoms with Crippen LogP contribution in [0, 0.1) is 0 Å². The molecule has 0 N–H and O–H groups in total. The zero-order valence-corrected chi connectivity index (χ0v) is 8.57. The Labute approximate surface area is 91.7 Å². The molecule has 15 heavy (non-hydrogen) atoms. The highest BCUT2D eigenvalue weighted by molar-refractivity contribution is 6.30. The van der Waals surface area contributed by atoms with Crippen LogP contribution >= 0.6 is 11.6 Å². The first-order valence-corrected chi connectivity index (χ1v) is 4.81. The first kappa shape index (κ1) is 10.3. The van der Waals surface area contributed by atoms with Gasteiger partial charge in [0.05, 0.1) is 0 Å². The van der Waals surface area contributed by atoms with E-state index in [4.69, 9.17) is 25.8 Å². The van der Waals surface area contributed by atoms with Crippen LogP contribution in [0.25, 0.3) is 0 Å². The predicted octanol–water partition coefficient (Wildman–Crippen LogP) is 1.62. The Balaban J connectivity index is 1.83. The Morgan fingerprint density at radius 2 is 2.13 bits per heavy atom. The maximum absolute atomic E-state index is 10.7. The summed E-state index contributed by atoms with van der Waals surface area (Å²) in [5, 5.41) is 0.644. The van der Waals surface area contributed by atoms with Crippen LogP contribution < -0.4 is 4.74 Å². The van der Waals surface area contributed by atoms with Crippen molar-refractivity contribution in [3.63, 3.8) is 0 Å². The minimum Gasteiger partial charge on any atom is -0.487 e. The molecule has 1 atom stereocenters. The fourth-order valence-electron chi connectivity index (χ4n) is 1.15. The van der Waals surface area contributed by atoms with Crippen molar-refractivity contribution in [3.8, 4) is 5.75 Å². The number of esters is 1. The first-order chi connectivity index (χ1) is 7.24. The number of carbonyl (C=O) groups is 1. The highest BCUT2D eigenvalue weighted by Crippen LogP contribution is 2.16. The monoisotopic (exact) mass is 228 g/mol. The summed E-state index contributed by atoms with van der Waals surface area (Å²) in [6.07, 6.45) is -0.604. The number of hydrogen-bond acceptors (Lipinski definition) is 4. The summed E-state index contributed by atoms with van der Waals surface area (Å²) in [7, 11) is 0. The van der Waals surface area contributed by atoms with E-state index in [1.807, 2.05) is 0 Å². The largest absolute Gasteiger partial charge is 0.487 e. The first-order valence-electron chi connectivity index (χ1n) is 4.43. The van der Waals surface area contributed by atoms with Gasteiger partial charge in [0, 0.05) is 5.02 Å². The van der Waals surface area contributed by atoms with Gasteiger partial charge in [-0.3, -0.25) is 0 Å². The second kappa shape index (κ2) is 4.51. The Bertz CT molecular complexity index is 349. The van der Waals surface area contributed by atoms with E-state index in [0.29, 0.717) is 10.8 Å². The molecule has 1 saturated heterocycles. The highest BCUT2D eigenvalue weighted by atomic mass is 35.5. The molecule has 0 saturated carbocycles. The molecule has 1 fully saturated rings. The molecule has 1 aliphatic rings. The van der Waals surface area contributed by atoms with E-state index in [9.17, 15) is 4.79 Å². The molecule has 0 bridgehead atoms. The van der Waals surface area contributed by atoms with E-state index in [1.54, 1.807) is 24.3 Å². The van der Waals surface area contributed by atoms with Crippen molar-refractivity contribution in [3.05, 3.63) is 29.3 Å². The fourth-order valence-corrected chi connectivity index (χ4v) is 1.28. The number of rotatable bonds is 3. The summed E-state index contributed by atoms with van der Waals surface area (Å²) in [5.41, 5.74) is 0. The quantitative estimate of drug-likeness (QED) is 0.738. The fraction of sp³-hybridized carbons (Fsp3) is 0.300. The van der Waals surface area contributed by atoms with E-state index >= 15 is 0 Å². The Morgan fingerprint density at radius 3 is 2.73 bits per heavy atom. The number of ether oxygens (including phenoxy) is 3. The molecule has 1 heterocycles. The third-order valence-corrected chi connectivity index (χ3v) is 2.10. The van der Waals surface area contributed by atoms with E-state index in [1.165, 1.54) is 0 Å². The van der Waals surface area contributed by atoms with Gasteiger partial charge in [-0.1, -0.05) is 11.6 Å². The van der Waals surface area contributed by atoms with Crippen LogP contribution in [0.2, 0.25) is 5.02 Å². The van der Waals surface area contributed by atoms with Gasteiger partial charge in [-0.25, -0.2) is 4.79 Å². The molecule has 5 heteroatoms. The SMILES string of the molecule is O=C1CO[C@H](COc2ccc(Cl)cc2)O1. The predicted molar refractivity (Wildman–Crippen MR) is 52.8 cm³/mol. The maximum Gasteiger partial charge on any atom is 0.334 e. The molecule has 0 aromatic heterocycles. The molecular formula is C10H9ClO4. The van der Waals surface area contributed by atoms with Crippen LogP contribution in [0.4, 0.5) is 0 Å². The van der Waals surface area contributed by atoms with Crippen molar-refractivity contribution in [2.45, 2.75) is 6.29 Å². The normalized spacial score (nSPS) is 20.1. The van der Waals surface area contributed by atoms with Crippen LogP contribution in [0.3, 0.4) is 0 Å². The van der Waals surface area contributed by atoms with Crippen molar-refractivity contribution in [2.24, 2.45) is 0 Å². The van der Waals surface area contributed by atoms with E-state index < -0.39 is 6.29 Å². The number of hydrogen-bond donors (Lipinski definition) is 0. The number of cyclic esters (lactones) is 1. The molecule has 0 amide bonds. The number of benzene rings is 1. The molecule has 4 nitrogen and oxygen atoms in total. The molecule has 0 unspecified atom stereocenters. The molecule has 1 aliphatic heterocycles. The second-order valence-electron chi connectivity index (χ2n) is 3.00. The van der Waals surface area contributed by atoms with Gasteiger partial charge < -0.3 is 14.2 Å². The van der Waals surface area contributed by atoms with Crippen LogP contribution in [0.1, 0.15) is 0 Å². The summed E-state index contributed by atoms with van der Waals surface area (Å²) in [4.78, 5) is 10.7. The van der Waals surface area contributed by atoms with Crippen molar-refractivity contribution in [1.82, 2.24) is 0 Å². The van der Waals surface area contributed by atoms with Gasteiger partial charge in [-0.15, -0.1) is 0 Å². The average Bonchev–Trinajstić information content (AvgIpc) is 2.64. The summed E-state index contributed by atoms with van der Waals surface area (Å²) in [5.74, 6) is 0.297. The third kappa shape index (κ3) is 2.84. The number of halogens is 1. The van der Waals surface area contributed by atoms with Crippen molar-refractivity contribution in [2.75, 3.05) is 13.2 Å². The minimum absolute atomic E-state index is 0.00531. The molecule has 2 rings (SSSR count). The van der Waals surface area contributed by atoms with E-state index in [-0.39, 0.29) is 19.2 Å². The summed E-state index contributed by atoms with van der Waals surface area (Å²) < 4.78 is 15.1. The van der Waals surface area contributed by atoms with Gasteiger partial charge in [0.25, 0.3) is 0 Å². The lowest BCUT2D eigenvalue weighted by Gasteiger charge is -2.10. The highest BCUT2D eigenvalue weighted by Gasteiger charge is 2.24. The van der Waals surface area contributed by atoms with Gasteiger partial charge in [-0.2, -0.15) is 0 Å². The zero-order chi connectivity index (χ0) is 10.7. The van der Waals surface area contributed by atoms with E-state index in [0.717, 1.165) is 0 Å². The summed E-state index contributed by atoms with van der Waals surface area (Å²) in [6.45, 7) is 0.183. The van der Waals surface area contributed by atoms with Gasteiger partial charge >= 0.3 is 5.97 Å². The molecule has 1 aromatic rings. The summed E-state index contributed by atoms with van der Waals surface area (Å²) in [6, 6.07) is 6.91. The lowest BCUT2D eigenvalue weighted by Crippen LogP contribution is -2.18. The Kier molecular flexibility index (Phi) is 3.08. The average molecular weight is 229 g/mol. The van der Waals surface area contributed by atoms with Crippen LogP contribution in [-0.2, 0) is 14.3 Å². The molecule has 0 radical (unpaired) electrons. The Morgan fingerprint density at radius 1 is 1.40 bits per heavy atom. The molecular weight excluding hydrogens is 220 g/mol. The lowest BCUT2D eigenvalue weighted by atomic mass is 10.3. The van der Waals surface area contributed by atoms with Crippen molar-refractivity contribution < 1.29 is 19.0 Å². The van der Waals surface area contributed by atoms with Crippen molar-refractivity contribution in [1.29, 1.82) is 0 Å². The lowest BCUT2D eigenvalue weighted by molar-refractivity contribution is -0.145. The molecule has 80 valence electrons. The van der Waals surface area contributed by atoms with Crippen LogP contribution in [0.15, 0.2) is 24.3 Å². The smallest absolute Gasteiger partial charge is 0.334 e. The van der Waals surface area contributed by atoms with E-state index in [2.05, 4.69) is 0 Å². The third-order valence-electron chi connectivity index (χ3n) is 1.85. The van der Waals surface area contributed by atoms with Gasteiger partial charge in [0.15, 0.2) is 6.61 Å². The molecule has 1 aromatic carbocycles. The standard InChI is InChI=1S/C10H9ClO4/c11-7-1-3-8(4-2-7)13-6-10-14-5-9(12)15-10/h1-4,10H,5-6H2/t10-/m0/s1. The maximum atomic E-state index is 10.7. The topological polar surface area (TPSA) is 44.8 Å². The van der Waals surface area contributed by atoms with Gasteiger partial charge in [-0.05, 0) is 24.3 Å². The van der Waals surface area contributed by atoms with Crippen LogP contribution in [0.5, 0.6) is 5.75 Å².